The second kappa shape index (κ2) is 10.1. The van der Waals surface area contributed by atoms with Gasteiger partial charge in [-0.15, -0.1) is 0 Å². The maximum absolute atomic E-state index is 13.1. The van der Waals surface area contributed by atoms with Gasteiger partial charge in [0.25, 0.3) is 0 Å². The highest BCUT2D eigenvalue weighted by Crippen LogP contribution is 2.41. The van der Waals surface area contributed by atoms with E-state index < -0.39 is 11.6 Å². The molecule has 160 valence electrons. The highest BCUT2D eigenvalue weighted by atomic mass is 16.3. The van der Waals surface area contributed by atoms with E-state index in [9.17, 15) is 14.7 Å². The lowest BCUT2D eigenvalue weighted by Crippen LogP contribution is -2.37. The first-order chi connectivity index (χ1) is 13.7. The largest absolute Gasteiger partial charge is 0.505 e. The van der Waals surface area contributed by atoms with E-state index in [1.165, 1.54) is 5.57 Å². The first kappa shape index (κ1) is 23.2. The predicted molar refractivity (Wildman–Crippen MR) is 118 cm³/mol. The first-order valence-corrected chi connectivity index (χ1v) is 11.0. The van der Waals surface area contributed by atoms with Gasteiger partial charge in [0, 0.05) is 18.0 Å². The van der Waals surface area contributed by atoms with Crippen LogP contribution in [0.25, 0.3) is 0 Å². The number of aliphatic hydroxyl groups is 1. The van der Waals surface area contributed by atoms with Crippen molar-refractivity contribution in [2.75, 3.05) is 6.54 Å². The summed E-state index contributed by atoms with van der Waals surface area (Å²) in [5, 5.41) is 14.5. The summed E-state index contributed by atoms with van der Waals surface area (Å²) in [5.41, 5.74) is 3.31. The molecule has 2 aliphatic carbocycles. The van der Waals surface area contributed by atoms with Crippen LogP contribution in [0.4, 0.5) is 0 Å². The summed E-state index contributed by atoms with van der Waals surface area (Å²) in [5.74, 6) is -0.942. The van der Waals surface area contributed by atoms with Gasteiger partial charge >= 0.3 is 0 Å². The Hall–Kier alpha value is -2.10. The van der Waals surface area contributed by atoms with Crippen LogP contribution < -0.4 is 5.32 Å². The Morgan fingerprint density at radius 3 is 2.55 bits per heavy atom. The van der Waals surface area contributed by atoms with Crippen molar-refractivity contribution in [1.82, 2.24) is 5.32 Å². The average Bonchev–Trinajstić information content (AvgIpc) is 2.65. The fraction of sp³-hybridized carbons (Fsp3) is 0.600. The maximum Gasteiger partial charge on any atom is 0.233 e. The zero-order valence-electron chi connectivity index (χ0n) is 18.7. The van der Waals surface area contributed by atoms with Crippen molar-refractivity contribution >= 4 is 11.6 Å². The molecule has 0 aromatic carbocycles. The summed E-state index contributed by atoms with van der Waals surface area (Å²) in [7, 11) is 0. The van der Waals surface area contributed by atoms with Gasteiger partial charge < -0.3 is 10.4 Å². The van der Waals surface area contributed by atoms with Crippen molar-refractivity contribution in [2.45, 2.75) is 73.1 Å². The molecule has 2 atom stereocenters. The highest BCUT2D eigenvalue weighted by molar-refractivity contribution is 6.50. The number of aliphatic hydroxyl groups excluding tert-OH is 1. The van der Waals surface area contributed by atoms with Crippen molar-refractivity contribution in [3.05, 3.63) is 46.4 Å². The van der Waals surface area contributed by atoms with E-state index in [4.69, 9.17) is 0 Å². The van der Waals surface area contributed by atoms with Crippen LogP contribution in [0.1, 0.15) is 73.1 Å². The fourth-order valence-corrected chi connectivity index (χ4v) is 4.26. The predicted octanol–water partition coefficient (Wildman–Crippen LogP) is 5.58. The standard InChI is InChI=1S/C25H37NO3/c1-7-8-9-10-19-22(26-14-15(2)3)24(28)21(25(29)23(19)27)20-13-17(6)11-12-18(20)16(4)5/h13,15,18,20,26,28H,4,7-12,14H2,1-3,5-6H3/t18?,20-/m1/s1. The molecular weight excluding hydrogens is 362 g/mol. The molecule has 4 nitrogen and oxygen atoms in total. The average molecular weight is 400 g/mol. The monoisotopic (exact) mass is 399 g/mol. The number of ketones is 2. The number of nitrogens with one attached hydrogen (secondary N) is 1. The number of Topliss-reactive ketones (excluding diaryl/α,β-unsaturated/α-hetero) is 2. The van der Waals surface area contributed by atoms with Crippen LogP contribution in [0, 0.1) is 17.8 Å². The molecule has 0 aromatic heterocycles. The molecule has 0 amide bonds. The van der Waals surface area contributed by atoms with E-state index in [1.807, 2.05) is 19.9 Å². The normalized spacial score (nSPS) is 23.0. The lowest BCUT2D eigenvalue weighted by Gasteiger charge is -2.34. The summed E-state index contributed by atoms with van der Waals surface area (Å²) in [6.07, 6.45) is 7.23. The van der Waals surface area contributed by atoms with E-state index in [2.05, 4.69) is 32.7 Å². The number of hydrogen-bond donors (Lipinski definition) is 2. The molecule has 0 saturated heterocycles. The van der Waals surface area contributed by atoms with Crippen LogP contribution in [0.3, 0.4) is 0 Å². The number of allylic oxidation sites excluding steroid dienone is 5. The molecule has 2 rings (SSSR count). The van der Waals surface area contributed by atoms with E-state index >= 15 is 0 Å². The lowest BCUT2D eigenvalue weighted by molar-refractivity contribution is -0.133. The summed E-state index contributed by atoms with van der Waals surface area (Å²) in [4.78, 5) is 26.2. The molecule has 0 fully saturated rings. The van der Waals surface area contributed by atoms with E-state index in [0.717, 1.165) is 37.7 Å². The Kier molecular flexibility index (Phi) is 8.06. The van der Waals surface area contributed by atoms with Gasteiger partial charge in [0.15, 0.2) is 0 Å². The van der Waals surface area contributed by atoms with Gasteiger partial charge in [0.2, 0.25) is 11.6 Å². The fourth-order valence-electron chi connectivity index (χ4n) is 4.26. The first-order valence-electron chi connectivity index (χ1n) is 11.0. The third kappa shape index (κ3) is 5.29. The molecule has 0 aliphatic heterocycles. The SMILES string of the molecule is C=C(C)C1CCC(C)=C[C@H]1C1=C(O)C(NCC(C)C)=C(CCCCC)C(=O)C1=O. The van der Waals surface area contributed by atoms with Gasteiger partial charge in [-0.25, -0.2) is 0 Å². The number of unbranched alkanes of at least 4 members (excludes halogenated alkanes) is 2. The molecule has 0 spiro atoms. The van der Waals surface area contributed by atoms with Gasteiger partial charge in [-0.1, -0.05) is 57.4 Å². The third-order valence-electron chi connectivity index (χ3n) is 5.95. The second-order valence-electron chi connectivity index (χ2n) is 9.04. The summed E-state index contributed by atoms with van der Waals surface area (Å²) < 4.78 is 0. The molecule has 29 heavy (non-hydrogen) atoms. The van der Waals surface area contributed by atoms with E-state index in [1.54, 1.807) is 0 Å². The Morgan fingerprint density at radius 1 is 1.28 bits per heavy atom. The van der Waals surface area contributed by atoms with Crippen molar-refractivity contribution < 1.29 is 14.7 Å². The molecule has 0 heterocycles. The van der Waals surface area contributed by atoms with Gasteiger partial charge in [0.05, 0.1) is 11.3 Å². The van der Waals surface area contributed by atoms with Crippen molar-refractivity contribution in [3.8, 4) is 0 Å². The van der Waals surface area contributed by atoms with Gasteiger partial charge in [-0.05, 0) is 51.4 Å². The summed E-state index contributed by atoms with van der Waals surface area (Å²) >= 11 is 0. The smallest absolute Gasteiger partial charge is 0.233 e. The molecular formula is C25H37NO3. The van der Waals surface area contributed by atoms with Crippen LogP contribution in [0.5, 0.6) is 0 Å². The quantitative estimate of drug-likeness (QED) is 0.230. The van der Waals surface area contributed by atoms with Crippen molar-refractivity contribution in [3.63, 3.8) is 0 Å². The third-order valence-corrected chi connectivity index (χ3v) is 5.95. The molecule has 4 heteroatoms. The zero-order chi connectivity index (χ0) is 21.7. The lowest BCUT2D eigenvalue weighted by atomic mass is 9.70. The Bertz CT molecular complexity index is 767. The molecule has 2 aliphatic rings. The van der Waals surface area contributed by atoms with Gasteiger partial charge in [-0.2, -0.15) is 0 Å². The minimum Gasteiger partial charge on any atom is -0.505 e. The zero-order valence-corrected chi connectivity index (χ0v) is 18.7. The Morgan fingerprint density at radius 2 is 1.97 bits per heavy atom. The highest BCUT2D eigenvalue weighted by Gasteiger charge is 2.41. The van der Waals surface area contributed by atoms with Crippen LogP contribution in [-0.4, -0.2) is 23.2 Å². The van der Waals surface area contributed by atoms with Gasteiger partial charge in [0.1, 0.15) is 5.76 Å². The van der Waals surface area contributed by atoms with Crippen molar-refractivity contribution in [2.24, 2.45) is 17.8 Å². The number of carbonyl (C=O) groups is 2. The number of rotatable bonds is 9. The van der Waals surface area contributed by atoms with Crippen LogP contribution >= 0.6 is 0 Å². The molecule has 1 unspecified atom stereocenters. The Labute approximate surface area is 175 Å². The summed E-state index contributed by atoms with van der Waals surface area (Å²) in [6, 6.07) is 0. The van der Waals surface area contributed by atoms with E-state index in [-0.39, 0.29) is 23.2 Å². The topological polar surface area (TPSA) is 66.4 Å². The van der Waals surface area contributed by atoms with Crippen molar-refractivity contribution in [1.29, 1.82) is 0 Å². The summed E-state index contributed by atoms with van der Waals surface area (Å²) in [6.45, 7) is 15.0. The molecule has 0 radical (unpaired) electrons. The van der Waals surface area contributed by atoms with Crippen LogP contribution in [0.2, 0.25) is 0 Å². The minimum absolute atomic E-state index is 0.0380. The molecule has 0 saturated carbocycles. The van der Waals surface area contributed by atoms with Gasteiger partial charge in [-0.3, -0.25) is 9.59 Å². The molecule has 0 aromatic rings. The van der Waals surface area contributed by atoms with E-state index in [0.29, 0.717) is 30.2 Å². The number of hydrogen-bond acceptors (Lipinski definition) is 4. The Balaban J connectivity index is 2.57. The second-order valence-corrected chi connectivity index (χ2v) is 9.04. The number of carbonyl (C=O) groups excluding carboxylic acids is 2. The van der Waals surface area contributed by atoms with Crippen LogP contribution in [0.15, 0.2) is 46.4 Å². The minimum atomic E-state index is -0.550. The maximum atomic E-state index is 13.1. The molecule has 2 N–H and O–H groups in total. The molecule has 0 bridgehead atoms. The van der Waals surface area contributed by atoms with Crippen LogP contribution in [-0.2, 0) is 9.59 Å².